The van der Waals surface area contributed by atoms with E-state index in [0.717, 1.165) is 4.57 Å². The lowest BCUT2D eigenvalue weighted by Gasteiger charge is -2.28. The molecule has 2 heterocycles. The zero-order valence-corrected chi connectivity index (χ0v) is 12.1. The molecule has 0 aliphatic carbocycles. The molecule has 1 aliphatic heterocycles. The fraction of sp³-hybridized carbons (Fsp3) is 0.636. The summed E-state index contributed by atoms with van der Waals surface area (Å²) < 4.78 is 20.2. The van der Waals surface area contributed by atoms with Gasteiger partial charge < -0.3 is 14.5 Å². The molecule has 1 fully saturated rings. The van der Waals surface area contributed by atoms with Gasteiger partial charge in [0.1, 0.15) is 12.4 Å². The molecule has 1 aliphatic rings. The van der Waals surface area contributed by atoms with Crippen molar-refractivity contribution >= 4 is 7.94 Å². The van der Waals surface area contributed by atoms with Crippen LogP contribution in [0.15, 0.2) is 15.8 Å². The summed E-state index contributed by atoms with van der Waals surface area (Å²) in [5.74, 6) is 0. The number of rotatable bonds is 4. The number of H-pyrrole nitrogens is 1. The maximum atomic E-state index is 13.8. The van der Waals surface area contributed by atoms with Crippen LogP contribution in [0.25, 0.3) is 0 Å². The van der Waals surface area contributed by atoms with Crippen molar-refractivity contribution in [2.75, 3.05) is 6.16 Å². The van der Waals surface area contributed by atoms with Gasteiger partial charge in [-0.1, -0.05) is 0 Å². The summed E-state index contributed by atoms with van der Waals surface area (Å²) in [6.07, 6.45) is -3.06. The highest BCUT2D eigenvalue weighted by atomic mass is 31.2. The number of hydrogen-bond donors (Lipinski definition) is 2. The number of nitrogens with one attached hydrogen (secondary N) is 1. The zero-order valence-electron chi connectivity index (χ0n) is 11.2. The van der Waals surface area contributed by atoms with E-state index < -0.39 is 43.9 Å². The minimum atomic E-state index is -4.47. The molecule has 0 unspecified atom stereocenters. The first-order valence-electron chi connectivity index (χ1n) is 6.32. The molecule has 3 atom stereocenters. The summed E-state index contributed by atoms with van der Waals surface area (Å²) in [4.78, 5) is 55.1. The predicted molar refractivity (Wildman–Crippen MR) is 68.1 cm³/mol. The lowest BCUT2D eigenvalue weighted by atomic mass is 10.1. The molecule has 0 amide bonds. The van der Waals surface area contributed by atoms with Gasteiger partial charge in [0.2, 0.25) is 0 Å². The van der Waals surface area contributed by atoms with Crippen LogP contribution in [0, 0.1) is 6.92 Å². The van der Waals surface area contributed by atoms with E-state index in [9.17, 15) is 23.8 Å². The summed E-state index contributed by atoms with van der Waals surface area (Å²) in [6.45, 7) is 1.49. The van der Waals surface area contributed by atoms with Gasteiger partial charge in [0.05, 0.1) is 12.3 Å². The van der Waals surface area contributed by atoms with Gasteiger partial charge in [-0.05, 0) is 6.92 Å². The highest BCUT2D eigenvalue weighted by Crippen LogP contribution is 2.38. The van der Waals surface area contributed by atoms with E-state index in [2.05, 4.69) is 4.98 Å². The van der Waals surface area contributed by atoms with E-state index in [4.69, 9.17) is 9.63 Å². The van der Waals surface area contributed by atoms with Gasteiger partial charge in [0, 0.05) is 32.5 Å². The Bertz CT molecular complexity index is 624. The fourth-order valence-electron chi connectivity index (χ4n) is 2.21. The first-order valence-corrected chi connectivity index (χ1v) is 8.08. The maximum Gasteiger partial charge on any atom is 0.330 e. The Morgan fingerprint density at radius 3 is 2.86 bits per heavy atom. The highest BCUT2D eigenvalue weighted by molar-refractivity contribution is 7.55. The molecule has 0 aromatic carbocycles. The molecule has 118 valence electrons. The minimum Gasteiger partial charge on any atom is -0.660 e. The molecule has 10 heteroatoms. The molecule has 1 aromatic rings. The number of aromatic amines is 1. The van der Waals surface area contributed by atoms with Crippen LogP contribution in [0.3, 0.4) is 0 Å². The zero-order chi connectivity index (χ0) is 15.8. The Morgan fingerprint density at radius 2 is 2.24 bits per heavy atom. The van der Waals surface area contributed by atoms with Gasteiger partial charge in [0.25, 0.3) is 5.56 Å². The van der Waals surface area contributed by atoms with Crippen LogP contribution in [0.5, 0.6) is 0 Å². The third kappa shape index (κ3) is 3.96. The van der Waals surface area contributed by atoms with Gasteiger partial charge in [-0.25, -0.2) is 9.18 Å². The number of alkyl halides is 1. The van der Waals surface area contributed by atoms with E-state index in [-0.39, 0.29) is 18.4 Å². The molecule has 1 saturated heterocycles. The van der Waals surface area contributed by atoms with Crippen LogP contribution in [0.2, 0.25) is 0 Å². The van der Waals surface area contributed by atoms with Crippen molar-refractivity contribution in [3.8, 4) is 0 Å². The Labute approximate surface area is 119 Å². The van der Waals surface area contributed by atoms with E-state index >= 15 is 0 Å². The number of nitrogens with zero attached hydrogens (tertiary/aromatic N) is 1. The van der Waals surface area contributed by atoms with Crippen molar-refractivity contribution in [3.63, 3.8) is 0 Å². The van der Waals surface area contributed by atoms with Crippen LogP contribution in [-0.2, 0) is 4.74 Å². The van der Waals surface area contributed by atoms with Gasteiger partial charge in [-0.15, -0.1) is 0 Å². The van der Waals surface area contributed by atoms with Crippen molar-refractivity contribution in [2.45, 2.75) is 38.3 Å². The molecule has 1 aromatic heterocycles. The lowest BCUT2D eigenvalue weighted by molar-refractivity contribution is -0.331. The van der Waals surface area contributed by atoms with Crippen molar-refractivity contribution < 1.29 is 23.8 Å². The van der Waals surface area contributed by atoms with Crippen molar-refractivity contribution in [2.24, 2.45) is 0 Å². The Hall–Kier alpha value is -1.12. The highest BCUT2D eigenvalue weighted by Gasteiger charge is 2.37. The lowest BCUT2D eigenvalue weighted by Crippen LogP contribution is -2.33. The fourth-order valence-corrected chi connectivity index (χ4v) is 2.79. The van der Waals surface area contributed by atoms with Crippen LogP contribution in [-0.4, -0.2) is 32.9 Å². The Balaban J connectivity index is 2.12. The molecule has 0 spiro atoms. The van der Waals surface area contributed by atoms with Gasteiger partial charge >= 0.3 is 5.69 Å². The molecule has 0 bridgehead atoms. The SMILES string of the molecule is Cc1cn([C@H]2C[C@H](F)[C@@H](CC[P+]([O-])([O-])O)O2)c(=O)[nH]c1=O. The van der Waals surface area contributed by atoms with Crippen LogP contribution in [0.1, 0.15) is 24.6 Å². The van der Waals surface area contributed by atoms with Crippen LogP contribution < -0.4 is 21.0 Å². The van der Waals surface area contributed by atoms with Crippen molar-refractivity contribution in [3.05, 3.63) is 32.6 Å². The normalized spacial score (nSPS) is 26.2. The standard InChI is InChI=1S/C11H16FN2O6P/c1-6-5-14(11(16)13-10(6)15)9-4-7(12)8(20-9)2-3-21(17,18)19/h5,7-9H,2-4H2,1H3,(H,13,15,16)(H2,17,18,19)/p-1/t7-,8+,9+/m0/s1. The topological polar surface area (TPSA) is 130 Å². The summed E-state index contributed by atoms with van der Waals surface area (Å²) in [7, 11) is -4.47. The van der Waals surface area contributed by atoms with E-state index in [0.29, 0.717) is 0 Å². The average Bonchev–Trinajstić information content (AvgIpc) is 2.72. The molecule has 2 N–H and O–H groups in total. The Morgan fingerprint density at radius 1 is 1.57 bits per heavy atom. The van der Waals surface area contributed by atoms with E-state index in [1.54, 1.807) is 0 Å². The largest absolute Gasteiger partial charge is 0.660 e. The molecule has 8 nitrogen and oxygen atoms in total. The maximum absolute atomic E-state index is 13.8. The smallest absolute Gasteiger partial charge is 0.330 e. The molecule has 21 heavy (non-hydrogen) atoms. The number of aromatic nitrogens is 2. The minimum absolute atomic E-state index is 0.134. The molecule has 0 saturated carbocycles. The Kier molecular flexibility index (Phi) is 4.60. The second kappa shape index (κ2) is 5.94. The first-order chi connectivity index (χ1) is 9.67. The summed E-state index contributed by atoms with van der Waals surface area (Å²) in [5, 5.41) is 0. The molecule has 0 radical (unpaired) electrons. The molecular formula is C11H15FN2O6P-. The number of ether oxygens (including phenoxy) is 1. The van der Waals surface area contributed by atoms with Crippen LogP contribution in [0.4, 0.5) is 4.39 Å². The molecule has 2 rings (SSSR count). The average molecular weight is 321 g/mol. The number of halogens is 1. The van der Waals surface area contributed by atoms with E-state index in [1.165, 1.54) is 13.1 Å². The number of aryl methyl sites for hydroxylation is 1. The summed E-state index contributed by atoms with van der Waals surface area (Å²) in [5.41, 5.74) is -0.980. The van der Waals surface area contributed by atoms with Crippen molar-refractivity contribution in [1.29, 1.82) is 0 Å². The molecular weight excluding hydrogens is 306 g/mol. The second-order valence-electron chi connectivity index (χ2n) is 5.01. The van der Waals surface area contributed by atoms with Crippen molar-refractivity contribution in [1.82, 2.24) is 9.55 Å². The quantitative estimate of drug-likeness (QED) is 0.638. The van der Waals surface area contributed by atoms with Gasteiger partial charge in [-0.2, -0.15) is 0 Å². The second-order valence-corrected chi connectivity index (χ2v) is 6.73. The third-order valence-corrected chi connectivity index (χ3v) is 4.14. The van der Waals surface area contributed by atoms with Gasteiger partial charge in [0.15, 0.2) is 0 Å². The number of hydrogen-bond acceptors (Lipinski definition) is 6. The summed E-state index contributed by atoms with van der Waals surface area (Å²) in [6, 6.07) is 0. The van der Waals surface area contributed by atoms with Gasteiger partial charge in [-0.3, -0.25) is 19.2 Å². The first kappa shape index (κ1) is 16.3. The van der Waals surface area contributed by atoms with Crippen LogP contribution >= 0.6 is 7.94 Å². The monoisotopic (exact) mass is 321 g/mol. The predicted octanol–water partition coefficient (Wildman–Crippen LogP) is -1.66. The van der Waals surface area contributed by atoms with E-state index in [1.807, 2.05) is 0 Å². The summed E-state index contributed by atoms with van der Waals surface area (Å²) >= 11 is 0. The third-order valence-electron chi connectivity index (χ3n) is 3.31.